The predicted molar refractivity (Wildman–Crippen MR) is 96.5 cm³/mol. The van der Waals surface area contributed by atoms with Crippen LogP contribution in [0.5, 0.6) is 0 Å². The second-order valence-electron chi connectivity index (χ2n) is 6.06. The average molecular weight is 347 g/mol. The molecule has 8 nitrogen and oxygen atoms in total. The molecular formula is C18H17N7O. The first kappa shape index (κ1) is 15.9. The first-order valence-corrected chi connectivity index (χ1v) is 8.20. The zero-order valence-electron chi connectivity index (χ0n) is 14.1. The zero-order chi connectivity index (χ0) is 18.1. The lowest BCUT2D eigenvalue weighted by Gasteiger charge is -2.17. The molecule has 0 saturated carbocycles. The quantitative estimate of drug-likeness (QED) is 0.566. The predicted octanol–water partition coefficient (Wildman–Crippen LogP) is 2.04. The lowest BCUT2D eigenvalue weighted by atomic mass is 10.1. The van der Waals surface area contributed by atoms with Crippen LogP contribution < -0.4 is 5.73 Å². The molecule has 4 rings (SSSR count). The van der Waals surface area contributed by atoms with Gasteiger partial charge in [0.05, 0.1) is 11.9 Å². The molecule has 0 aliphatic rings. The number of rotatable bonds is 4. The number of tetrazole rings is 1. The summed E-state index contributed by atoms with van der Waals surface area (Å²) >= 11 is 0. The Labute approximate surface area is 149 Å². The van der Waals surface area contributed by atoms with Crippen LogP contribution in [0.25, 0.3) is 10.9 Å². The molecule has 0 fully saturated rings. The van der Waals surface area contributed by atoms with Crippen molar-refractivity contribution in [2.75, 3.05) is 5.73 Å². The normalized spacial score (nSPS) is 12.3. The van der Waals surface area contributed by atoms with E-state index >= 15 is 0 Å². The van der Waals surface area contributed by atoms with Gasteiger partial charge in [-0.05, 0) is 29.0 Å². The fraction of sp³-hybridized carbons (Fsp3) is 0.167. The minimum Gasteiger partial charge on any atom is -0.397 e. The van der Waals surface area contributed by atoms with E-state index in [-0.39, 0.29) is 5.91 Å². The van der Waals surface area contributed by atoms with Crippen LogP contribution in [0.3, 0.4) is 0 Å². The SMILES string of the molecule is Cc1nnnn1C(Cc1ccccc1)C(=O)n1ncc2cccc(N)c21. The van der Waals surface area contributed by atoms with E-state index in [0.29, 0.717) is 23.4 Å². The summed E-state index contributed by atoms with van der Waals surface area (Å²) in [5, 5.41) is 16.7. The topological polar surface area (TPSA) is 105 Å². The average Bonchev–Trinajstić information content (AvgIpc) is 3.27. The van der Waals surface area contributed by atoms with Crippen LogP contribution in [-0.4, -0.2) is 35.9 Å². The van der Waals surface area contributed by atoms with Crippen LogP contribution in [0.15, 0.2) is 54.7 Å². The molecule has 4 aromatic rings. The number of nitrogens with zero attached hydrogens (tertiary/aromatic N) is 6. The minimum atomic E-state index is -0.630. The van der Waals surface area contributed by atoms with E-state index in [1.54, 1.807) is 19.2 Å². The van der Waals surface area contributed by atoms with E-state index < -0.39 is 6.04 Å². The van der Waals surface area contributed by atoms with Crippen molar-refractivity contribution < 1.29 is 4.79 Å². The summed E-state index contributed by atoms with van der Waals surface area (Å²) in [6, 6.07) is 14.6. The summed E-state index contributed by atoms with van der Waals surface area (Å²) in [4.78, 5) is 13.4. The van der Waals surface area contributed by atoms with Crippen molar-refractivity contribution in [1.82, 2.24) is 30.0 Å². The second kappa shape index (κ2) is 6.40. The van der Waals surface area contributed by atoms with Crippen molar-refractivity contribution in [3.63, 3.8) is 0 Å². The van der Waals surface area contributed by atoms with Crippen molar-refractivity contribution in [3.8, 4) is 0 Å². The van der Waals surface area contributed by atoms with Gasteiger partial charge < -0.3 is 5.73 Å². The van der Waals surface area contributed by atoms with Gasteiger partial charge in [0, 0.05) is 11.8 Å². The van der Waals surface area contributed by atoms with Gasteiger partial charge in [0.2, 0.25) is 0 Å². The Morgan fingerprint density at radius 2 is 1.96 bits per heavy atom. The molecule has 2 aromatic carbocycles. The van der Waals surface area contributed by atoms with Crippen LogP contribution in [0.1, 0.15) is 22.2 Å². The molecule has 2 N–H and O–H groups in total. The van der Waals surface area contributed by atoms with Gasteiger partial charge in [-0.25, -0.2) is 4.68 Å². The van der Waals surface area contributed by atoms with Crippen LogP contribution in [0.4, 0.5) is 5.69 Å². The highest BCUT2D eigenvalue weighted by Crippen LogP contribution is 2.24. The highest BCUT2D eigenvalue weighted by atomic mass is 16.2. The monoisotopic (exact) mass is 347 g/mol. The van der Waals surface area contributed by atoms with Crippen molar-refractivity contribution in [1.29, 1.82) is 0 Å². The third-order valence-corrected chi connectivity index (χ3v) is 4.34. The van der Waals surface area contributed by atoms with Crippen molar-refractivity contribution in [3.05, 3.63) is 66.1 Å². The highest BCUT2D eigenvalue weighted by molar-refractivity contribution is 5.98. The number of fused-ring (bicyclic) bond motifs is 1. The van der Waals surface area contributed by atoms with Crippen molar-refractivity contribution >= 4 is 22.5 Å². The van der Waals surface area contributed by atoms with Gasteiger partial charge in [-0.1, -0.05) is 42.5 Å². The fourth-order valence-corrected chi connectivity index (χ4v) is 3.06. The summed E-state index contributed by atoms with van der Waals surface area (Å²) in [6.45, 7) is 1.76. The Balaban J connectivity index is 1.80. The Bertz CT molecular complexity index is 1070. The van der Waals surface area contributed by atoms with Crippen molar-refractivity contribution in [2.24, 2.45) is 0 Å². The summed E-state index contributed by atoms with van der Waals surface area (Å²) < 4.78 is 2.88. The minimum absolute atomic E-state index is 0.239. The number of carbonyl (C=O) groups excluding carboxylic acids is 1. The Morgan fingerprint density at radius 1 is 1.15 bits per heavy atom. The van der Waals surface area contributed by atoms with Crippen molar-refractivity contribution in [2.45, 2.75) is 19.4 Å². The maximum atomic E-state index is 13.4. The first-order valence-electron chi connectivity index (χ1n) is 8.20. The van der Waals surface area contributed by atoms with Crippen LogP contribution in [0, 0.1) is 6.92 Å². The number of para-hydroxylation sites is 1. The van der Waals surface area contributed by atoms with E-state index in [0.717, 1.165) is 10.9 Å². The summed E-state index contributed by atoms with van der Waals surface area (Å²) in [6.07, 6.45) is 2.08. The molecule has 130 valence electrons. The van der Waals surface area contributed by atoms with Gasteiger partial charge in [-0.3, -0.25) is 4.79 Å². The van der Waals surface area contributed by atoms with Gasteiger partial charge in [0.15, 0.2) is 0 Å². The van der Waals surface area contributed by atoms with E-state index in [9.17, 15) is 4.79 Å². The van der Waals surface area contributed by atoms with E-state index in [4.69, 9.17) is 5.73 Å². The zero-order valence-corrected chi connectivity index (χ0v) is 14.1. The number of carbonyl (C=O) groups is 1. The number of hydrogen-bond acceptors (Lipinski definition) is 6. The molecule has 0 aliphatic carbocycles. The Kier molecular flexibility index (Phi) is 3.92. The highest BCUT2D eigenvalue weighted by Gasteiger charge is 2.27. The molecule has 0 radical (unpaired) electrons. The summed E-state index contributed by atoms with van der Waals surface area (Å²) in [7, 11) is 0. The number of benzene rings is 2. The summed E-state index contributed by atoms with van der Waals surface area (Å²) in [5.41, 5.74) is 8.18. The molecule has 1 unspecified atom stereocenters. The fourth-order valence-electron chi connectivity index (χ4n) is 3.06. The smallest absolute Gasteiger partial charge is 0.272 e. The van der Waals surface area contributed by atoms with Gasteiger partial charge in [0.1, 0.15) is 17.4 Å². The number of anilines is 1. The number of nitrogen functional groups attached to an aromatic ring is 1. The van der Waals surface area contributed by atoms with Gasteiger partial charge in [0.25, 0.3) is 5.91 Å². The molecule has 26 heavy (non-hydrogen) atoms. The number of nitrogens with two attached hydrogens (primary N) is 1. The van der Waals surface area contributed by atoms with Crippen LogP contribution in [0.2, 0.25) is 0 Å². The molecule has 0 bridgehead atoms. The second-order valence-corrected chi connectivity index (χ2v) is 6.06. The molecule has 0 amide bonds. The molecule has 0 saturated heterocycles. The van der Waals surface area contributed by atoms with E-state index in [2.05, 4.69) is 20.6 Å². The lowest BCUT2D eigenvalue weighted by Crippen LogP contribution is -2.29. The van der Waals surface area contributed by atoms with Gasteiger partial charge in [-0.15, -0.1) is 5.10 Å². The Morgan fingerprint density at radius 3 is 2.69 bits per heavy atom. The van der Waals surface area contributed by atoms with Gasteiger partial charge >= 0.3 is 0 Å². The molecule has 2 aromatic heterocycles. The van der Waals surface area contributed by atoms with Gasteiger partial charge in [-0.2, -0.15) is 9.78 Å². The number of hydrogen-bond donors (Lipinski definition) is 1. The molecular weight excluding hydrogens is 330 g/mol. The molecule has 8 heteroatoms. The molecule has 0 aliphatic heterocycles. The first-order chi connectivity index (χ1) is 12.6. The lowest BCUT2D eigenvalue weighted by molar-refractivity contribution is 0.0817. The standard InChI is InChI=1S/C18H17N7O/c1-12-21-22-23-24(12)16(10-13-6-3-2-4-7-13)18(26)25-17-14(11-20-25)8-5-9-15(17)19/h2-9,11,16H,10,19H2,1H3. The maximum absolute atomic E-state index is 13.4. The van der Waals surface area contributed by atoms with Crippen LogP contribution in [-0.2, 0) is 6.42 Å². The van der Waals surface area contributed by atoms with E-state index in [1.165, 1.54) is 9.36 Å². The molecule has 1 atom stereocenters. The third kappa shape index (κ3) is 2.71. The summed E-state index contributed by atoms with van der Waals surface area (Å²) in [5.74, 6) is 0.320. The molecule has 0 spiro atoms. The van der Waals surface area contributed by atoms with E-state index in [1.807, 2.05) is 42.5 Å². The number of aryl methyl sites for hydroxylation is 1. The third-order valence-electron chi connectivity index (χ3n) is 4.34. The molecule has 2 heterocycles. The Hall–Kier alpha value is -3.55. The van der Waals surface area contributed by atoms with Crippen LogP contribution >= 0.6 is 0 Å². The largest absolute Gasteiger partial charge is 0.397 e. The number of aromatic nitrogens is 6. The maximum Gasteiger partial charge on any atom is 0.272 e.